The highest BCUT2D eigenvalue weighted by Gasteiger charge is 2.10. The number of halogens is 2. The number of aromatic nitrogens is 2. The maximum atomic E-state index is 13.4. The van der Waals surface area contributed by atoms with Crippen molar-refractivity contribution in [2.45, 2.75) is 13.0 Å². The highest BCUT2D eigenvalue weighted by Crippen LogP contribution is 2.20. The summed E-state index contributed by atoms with van der Waals surface area (Å²) < 4.78 is 26.1. The van der Waals surface area contributed by atoms with E-state index in [9.17, 15) is 8.78 Å². The number of hydrogen-bond acceptors (Lipinski definition) is 3. The van der Waals surface area contributed by atoms with E-state index in [-0.39, 0.29) is 11.7 Å². The third-order valence-electron chi connectivity index (χ3n) is 2.33. The van der Waals surface area contributed by atoms with Crippen molar-refractivity contribution in [3.63, 3.8) is 0 Å². The SMILES string of the molecule is CC(Nc1ccc(F)cc1F)c1cnccn1. The summed E-state index contributed by atoms with van der Waals surface area (Å²) in [5.74, 6) is -1.22. The minimum absolute atomic E-state index is 0.205. The summed E-state index contributed by atoms with van der Waals surface area (Å²) in [6, 6.07) is 3.20. The summed E-state index contributed by atoms with van der Waals surface area (Å²) in [4.78, 5) is 8.03. The topological polar surface area (TPSA) is 37.8 Å². The number of nitrogens with one attached hydrogen (secondary N) is 1. The van der Waals surface area contributed by atoms with Crippen LogP contribution in [0.15, 0.2) is 36.8 Å². The quantitative estimate of drug-likeness (QED) is 0.888. The molecule has 3 nitrogen and oxygen atoms in total. The summed E-state index contributed by atoms with van der Waals surface area (Å²) in [6.45, 7) is 1.83. The molecule has 2 aromatic rings. The zero-order valence-electron chi connectivity index (χ0n) is 9.19. The second kappa shape index (κ2) is 4.86. The van der Waals surface area contributed by atoms with Crippen molar-refractivity contribution in [3.05, 3.63) is 54.1 Å². The van der Waals surface area contributed by atoms with Gasteiger partial charge in [-0.1, -0.05) is 0 Å². The first kappa shape index (κ1) is 11.4. The fourth-order valence-corrected chi connectivity index (χ4v) is 1.45. The van der Waals surface area contributed by atoms with Crippen LogP contribution in [-0.2, 0) is 0 Å². The number of anilines is 1. The molecular formula is C12H11F2N3. The van der Waals surface area contributed by atoms with Crippen LogP contribution in [0.4, 0.5) is 14.5 Å². The van der Waals surface area contributed by atoms with Crippen molar-refractivity contribution in [3.8, 4) is 0 Å². The Bertz CT molecular complexity index is 502. The van der Waals surface area contributed by atoms with Crippen LogP contribution in [0, 0.1) is 11.6 Å². The van der Waals surface area contributed by atoms with Gasteiger partial charge in [0.1, 0.15) is 11.6 Å². The van der Waals surface area contributed by atoms with E-state index in [0.29, 0.717) is 5.69 Å². The van der Waals surface area contributed by atoms with Crippen molar-refractivity contribution in [1.29, 1.82) is 0 Å². The molecular weight excluding hydrogens is 224 g/mol. The van der Waals surface area contributed by atoms with Crippen LogP contribution in [0.5, 0.6) is 0 Å². The van der Waals surface area contributed by atoms with E-state index in [1.54, 1.807) is 18.6 Å². The molecule has 0 aliphatic rings. The fourth-order valence-electron chi connectivity index (χ4n) is 1.45. The molecule has 1 heterocycles. The van der Waals surface area contributed by atoms with Crippen LogP contribution in [0.25, 0.3) is 0 Å². The van der Waals surface area contributed by atoms with Gasteiger partial charge in [-0.05, 0) is 19.1 Å². The van der Waals surface area contributed by atoms with E-state index < -0.39 is 11.6 Å². The van der Waals surface area contributed by atoms with E-state index in [1.807, 2.05) is 6.92 Å². The van der Waals surface area contributed by atoms with Gasteiger partial charge < -0.3 is 5.32 Å². The molecule has 17 heavy (non-hydrogen) atoms. The lowest BCUT2D eigenvalue weighted by Crippen LogP contribution is -2.09. The fraction of sp³-hybridized carbons (Fsp3) is 0.167. The Morgan fingerprint density at radius 2 is 2.06 bits per heavy atom. The van der Waals surface area contributed by atoms with Crippen LogP contribution in [0.1, 0.15) is 18.7 Å². The predicted octanol–water partition coefficient (Wildman–Crippen LogP) is 2.93. The third-order valence-corrected chi connectivity index (χ3v) is 2.33. The van der Waals surface area contributed by atoms with Gasteiger partial charge in [0.15, 0.2) is 0 Å². The molecule has 0 fully saturated rings. The Morgan fingerprint density at radius 1 is 1.24 bits per heavy atom. The monoisotopic (exact) mass is 235 g/mol. The Hall–Kier alpha value is -2.04. The molecule has 1 aromatic heterocycles. The Morgan fingerprint density at radius 3 is 2.71 bits per heavy atom. The number of nitrogens with zero attached hydrogens (tertiary/aromatic N) is 2. The van der Waals surface area contributed by atoms with Crippen molar-refractivity contribution in [2.75, 3.05) is 5.32 Å². The summed E-state index contributed by atoms with van der Waals surface area (Å²) in [5.41, 5.74) is 0.931. The molecule has 1 aromatic carbocycles. The second-order valence-corrected chi connectivity index (χ2v) is 3.62. The smallest absolute Gasteiger partial charge is 0.149 e. The highest BCUT2D eigenvalue weighted by molar-refractivity contribution is 5.46. The molecule has 0 spiro atoms. The summed E-state index contributed by atoms with van der Waals surface area (Å²) >= 11 is 0. The molecule has 0 saturated carbocycles. The van der Waals surface area contributed by atoms with Gasteiger partial charge in [0.25, 0.3) is 0 Å². The molecule has 1 atom stereocenters. The molecule has 0 saturated heterocycles. The van der Waals surface area contributed by atoms with E-state index >= 15 is 0 Å². The van der Waals surface area contributed by atoms with Crippen LogP contribution in [0.3, 0.4) is 0 Å². The van der Waals surface area contributed by atoms with Gasteiger partial charge in [-0.3, -0.25) is 9.97 Å². The molecule has 5 heteroatoms. The van der Waals surface area contributed by atoms with Gasteiger partial charge in [0.2, 0.25) is 0 Å². The number of hydrogen-bond donors (Lipinski definition) is 1. The van der Waals surface area contributed by atoms with Crippen molar-refractivity contribution in [1.82, 2.24) is 9.97 Å². The second-order valence-electron chi connectivity index (χ2n) is 3.62. The third kappa shape index (κ3) is 2.75. The van der Waals surface area contributed by atoms with E-state index in [2.05, 4.69) is 15.3 Å². The number of rotatable bonds is 3. The van der Waals surface area contributed by atoms with Crippen molar-refractivity contribution >= 4 is 5.69 Å². The average Bonchev–Trinajstić information content (AvgIpc) is 2.34. The first-order valence-corrected chi connectivity index (χ1v) is 5.14. The van der Waals surface area contributed by atoms with Crippen LogP contribution in [0.2, 0.25) is 0 Å². The molecule has 0 amide bonds. The van der Waals surface area contributed by atoms with Crippen LogP contribution >= 0.6 is 0 Å². The van der Waals surface area contributed by atoms with Crippen LogP contribution < -0.4 is 5.32 Å². The van der Waals surface area contributed by atoms with Gasteiger partial charge >= 0.3 is 0 Å². The maximum absolute atomic E-state index is 13.4. The van der Waals surface area contributed by atoms with Gasteiger partial charge in [0.05, 0.1) is 23.6 Å². The maximum Gasteiger partial charge on any atom is 0.149 e. The first-order valence-electron chi connectivity index (χ1n) is 5.14. The molecule has 1 unspecified atom stereocenters. The molecule has 2 rings (SSSR count). The average molecular weight is 235 g/mol. The van der Waals surface area contributed by atoms with Gasteiger partial charge in [-0.2, -0.15) is 0 Å². The molecule has 1 N–H and O–H groups in total. The summed E-state index contributed by atoms with van der Waals surface area (Å²) in [6.07, 6.45) is 4.72. The lowest BCUT2D eigenvalue weighted by Gasteiger charge is -2.14. The number of benzene rings is 1. The van der Waals surface area contributed by atoms with E-state index in [4.69, 9.17) is 0 Å². The highest BCUT2D eigenvalue weighted by atomic mass is 19.1. The van der Waals surface area contributed by atoms with Gasteiger partial charge in [-0.15, -0.1) is 0 Å². The minimum atomic E-state index is -0.624. The van der Waals surface area contributed by atoms with E-state index in [0.717, 1.165) is 6.07 Å². The molecule has 0 radical (unpaired) electrons. The largest absolute Gasteiger partial charge is 0.375 e. The van der Waals surface area contributed by atoms with Crippen molar-refractivity contribution in [2.24, 2.45) is 0 Å². The molecule has 0 bridgehead atoms. The lowest BCUT2D eigenvalue weighted by molar-refractivity contribution is 0.583. The first-order chi connectivity index (χ1) is 8.16. The standard InChI is InChI=1S/C12H11F2N3/c1-8(12-7-15-4-5-16-12)17-11-3-2-9(13)6-10(11)14/h2-8,17H,1H3. The summed E-state index contributed by atoms with van der Waals surface area (Å²) in [7, 11) is 0. The zero-order chi connectivity index (χ0) is 12.3. The lowest BCUT2D eigenvalue weighted by atomic mass is 10.2. The molecule has 0 aliphatic heterocycles. The van der Waals surface area contributed by atoms with Gasteiger partial charge in [0, 0.05) is 18.5 Å². The predicted molar refractivity (Wildman–Crippen MR) is 60.4 cm³/mol. The Kier molecular flexibility index (Phi) is 3.27. The Labute approximate surface area is 97.5 Å². The molecule has 88 valence electrons. The normalized spacial score (nSPS) is 12.2. The van der Waals surface area contributed by atoms with E-state index in [1.165, 1.54) is 12.1 Å². The Balaban J connectivity index is 2.16. The zero-order valence-corrected chi connectivity index (χ0v) is 9.19. The minimum Gasteiger partial charge on any atom is -0.375 e. The van der Waals surface area contributed by atoms with Crippen molar-refractivity contribution < 1.29 is 8.78 Å². The molecule has 0 aliphatic carbocycles. The van der Waals surface area contributed by atoms with Gasteiger partial charge in [-0.25, -0.2) is 8.78 Å². The van der Waals surface area contributed by atoms with Crippen LogP contribution in [-0.4, -0.2) is 9.97 Å². The summed E-state index contributed by atoms with van der Waals surface area (Å²) in [5, 5.41) is 2.91.